The molecule has 1 aromatic heterocycles. The average Bonchev–Trinajstić information content (AvgIpc) is 3.26. The fourth-order valence-electron chi connectivity index (χ4n) is 4.22. The monoisotopic (exact) mass is 373 g/mol. The van der Waals surface area contributed by atoms with Crippen LogP contribution in [0.1, 0.15) is 36.2 Å². The molecular formula is C22H23N5O. The Hall–Kier alpha value is -2.99. The van der Waals surface area contributed by atoms with Crippen molar-refractivity contribution < 1.29 is 4.74 Å². The molecule has 6 nitrogen and oxygen atoms in total. The van der Waals surface area contributed by atoms with Gasteiger partial charge < -0.3 is 9.64 Å². The van der Waals surface area contributed by atoms with Crippen molar-refractivity contribution >= 4 is 5.57 Å². The summed E-state index contributed by atoms with van der Waals surface area (Å²) in [5.74, 6) is 2.80. The third kappa shape index (κ3) is 3.31. The van der Waals surface area contributed by atoms with E-state index >= 15 is 0 Å². The van der Waals surface area contributed by atoms with Gasteiger partial charge in [-0.05, 0) is 53.9 Å². The Labute approximate surface area is 164 Å². The summed E-state index contributed by atoms with van der Waals surface area (Å²) in [6.07, 6.45) is 4.17. The zero-order valence-electron chi connectivity index (χ0n) is 15.8. The maximum absolute atomic E-state index is 6.14. The van der Waals surface area contributed by atoms with E-state index in [0.29, 0.717) is 0 Å². The third-order valence-corrected chi connectivity index (χ3v) is 5.62. The van der Waals surface area contributed by atoms with Crippen LogP contribution in [0.2, 0.25) is 0 Å². The van der Waals surface area contributed by atoms with Gasteiger partial charge >= 0.3 is 0 Å². The second-order valence-electron chi connectivity index (χ2n) is 7.37. The molecule has 0 atom stereocenters. The summed E-state index contributed by atoms with van der Waals surface area (Å²) in [5, 5.41) is 14.1. The lowest BCUT2D eigenvalue weighted by atomic mass is 9.86. The number of nitrogens with zero attached hydrogens (tertiary/aromatic N) is 4. The maximum atomic E-state index is 6.14. The number of aromatic nitrogens is 4. The number of fused-ring (bicyclic) bond motifs is 2. The Morgan fingerprint density at radius 1 is 0.929 bits per heavy atom. The van der Waals surface area contributed by atoms with Crippen LogP contribution in [0.25, 0.3) is 5.57 Å². The molecule has 28 heavy (non-hydrogen) atoms. The SMILES string of the molecule is c1ccc2c(c1)Oc1ccccc1C2=C1CCN(CCCc2nnn[nH]2)CC1. The van der Waals surface area contributed by atoms with Crippen LogP contribution >= 0.6 is 0 Å². The molecule has 0 saturated carbocycles. The highest BCUT2D eigenvalue weighted by Gasteiger charge is 2.26. The maximum Gasteiger partial charge on any atom is 0.148 e. The molecule has 1 N–H and O–H groups in total. The van der Waals surface area contributed by atoms with Crippen LogP contribution in [-0.4, -0.2) is 45.2 Å². The molecule has 0 radical (unpaired) electrons. The first-order valence-corrected chi connectivity index (χ1v) is 9.92. The predicted molar refractivity (Wildman–Crippen MR) is 107 cm³/mol. The molecule has 1 fully saturated rings. The van der Waals surface area contributed by atoms with Gasteiger partial charge in [0.05, 0.1) is 0 Å². The fraction of sp³-hybridized carbons (Fsp3) is 0.318. The first kappa shape index (κ1) is 17.1. The van der Waals surface area contributed by atoms with Gasteiger partial charge in [0.1, 0.15) is 17.3 Å². The van der Waals surface area contributed by atoms with Gasteiger partial charge in [-0.15, -0.1) is 5.10 Å². The summed E-state index contributed by atoms with van der Waals surface area (Å²) in [6, 6.07) is 16.8. The van der Waals surface area contributed by atoms with Crippen molar-refractivity contribution in [1.82, 2.24) is 25.5 Å². The minimum atomic E-state index is 0.871. The van der Waals surface area contributed by atoms with Crippen molar-refractivity contribution in [1.29, 1.82) is 0 Å². The van der Waals surface area contributed by atoms with E-state index in [1.165, 1.54) is 16.7 Å². The highest BCUT2D eigenvalue weighted by molar-refractivity contribution is 5.89. The minimum Gasteiger partial charge on any atom is -0.456 e. The molecule has 142 valence electrons. The highest BCUT2D eigenvalue weighted by atomic mass is 16.5. The van der Waals surface area contributed by atoms with Gasteiger partial charge in [0.2, 0.25) is 0 Å². The molecular weight excluding hydrogens is 350 g/mol. The quantitative estimate of drug-likeness (QED) is 0.589. The number of rotatable bonds is 4. The van der Waals surface area contributed by atoms with Gasteiger partial charge in [0.25, 0.3) is 0 Å². The Morgan fingerprint density at radius 2 is 1.61 bits per heavy atom. The largest absolute Gasteiger partial charge is 0.456 e. The van der Waals surface area contributed by atoms with Crippen molar-refractivity contribution in [2.75, 3.05) is 19.6 Å². The molecule has 0 spiro atoms. The molecule has 3 aromatic rings. The molecule has 0 aliphatic carbocycles. The van der Waals surface area contributed by atoms with Crippen LogP contribution in [0, 0.1) is 0 Å². The number of hydrogen-bond donors (Lipinski definition) is 1. The van der Waals surface area contributed by atoms with E-state index in [0.717, 1.165) is 62.6 Å². The number of benzene rings is 2. The van der Waals surface area contributed by atoms with E-state index in [2.05, 4.69) is 61.9 Å². The minimum absolute atomic E-state index is 0.871. The van der Waals surface area contributed by atoms with E-state index in [4.69, 9.17) is 4.74 Å². The van der Waals surface area contributed by atoms with Crippen LogP contribution < -0.4 is 4.74 Å². The summed E-state index contributed by atoms with van der Waals surface area (Å²) in [5.41, 5.74) is 5.37. The van der Waals surface area contributed by atoms with Gasteiger partial charge in [-0.1, -0.05) is 42.0 Å². The van der Waals surface area contributed by atoms with Gasteiger partial charge in [-0.3, -0.25) is 0 Å². The van der Waals surface area contributed by atoms with Gasteiger partial charge in [-0.2, -0.15) is 0 Å². The normalized spacial score (nSPS) is 16.4. The second kappa shape index (κ2) is 7.56. The molecule has 1 saturated heterocycles. The lowest BCUT2D eigenvalue weighted by molar-refractivity contribution is 0.253. The molecule has 5 rings (SSSR count). The Morgan fingerprint density at radius 3 is 2.25 bits per heavy atom. The molecule has 0 unspecified atom stereocenters. The van der Waals surface area contributed by atoms with Crippen molar-refractivity contribution in [2.24, 2.45) is 0 Å². The number of tetrazole rings is 1. The number of nitrogens with one attached hydrogen (secondary N) is 1. The summed E-state index contributed by atoms with van der Waals surface area (Å²) < 4.78 is 6.14. The summed E-state index contributed by atoms with van der Waals surface area (Å²) in [7, 11) is 0. The zero-order chi connectivity index (χ0) is 18.8. The number of piperidine rings is 1. The third-order valence-electron chi connectivity index (χ3n) is 5.62. The molecule has 2 aliphatic rings. The Bertz CT molecular complexity index is 938. The summed E-state index contributed by atoms with van der Waals surface area (Å²) >= 11 is 0. The molecule has 2 aliphatic heterocycles. The predicted octanol–water partition coefficient (Wildman–Crippen LogP) is 3.84. The first-order valence-electron chi connectivity index (χ1n) is 9.92. The lowest BCUT2D eigenvalue weighted by Crippen LogP contribution is -2.32. The number of para-hydroxylation sites is 2. The van der Waals surface area contributed by atoms with Crippen LogP contribution in [0.4, 0.5) is 0 Å². The van der Waals surface area contributed by atoms with Crippen LogP contribution in [0.5, 0.6) is 11.5 Å². The van der Waals surface area contributed by atoms with E-state index in [9.17, 15) is 0 Å². The summed E-state index contributed by atoms with van der Waals surface area (Å²) in [4.78, 5) is 2.55. The van der Waals surface area contributed by atoms with Gasteiger partial charge in [0.15, 0.2) is 0 Å². The van der Waals surface area contributed by atoms with Gasteiger partial charge in [0, 0.05) is 30.6 Å². The average molecular weight is 373 g/mol. The van der Waals surface area contributed by atoms with E-state index in [-0.39, 0.29) is 0 Å². The molecule has 6 heteroatoms. The number of hydrogen-bond acceptors (Lipinski definition) is 5. The molecule has 0 amide bonds. The highest BCUT2D eigenvalue weighted by Crippen LogP contribution is 2.46. The van der Waals surface area contributed by atoms with Crippen LogP contribution in [0.3, 0.4) is 0 Å². The first-order chi connectivity index (χ1) is 13.9. The standard InChI is InChI=1S/C22H23N5O/c1-3-8-19-17(6-1)22(18-7-2-4-9-20(18)28-19)16-11-14-27(15-12-16)13-5-10-21-23-25-26-24-21/h1-4,6-9H,5,10-15H2,(H,23,24,25,26). The van der Waals surface area contributed by atoms with Crippen molar-refractivity contribution in [3.05, 3.63) is 71.1 Å². The smallest absolute Gasteiger partial charge is 0.148 e. The second-order valence-corrected chi connectivity index (χ2v) is 7.37. The Balaban J connectivity index is 1.33. The number of aromatic amines is 1. The molecule has 2 aromatic carbocycles. The van der Waals surface area contributed by atoms with Crippen molar-refractivity contribution in [3.8, 4) is 11.5 Å². The number of H-pyrrole nitrogens is 1. The molecule has 3 heterocycles. The van der Waals surface area contributed by atoms with Gasteiger partial charge in [-0.25, -0.2) is 5.10 Å². The zero-order valence-corrected chi connectivity index (χ0v) is 15.8. The van der Waals surface area contributed by atoms with E-state index in [1.54, 1.807) is 5.57 Å². The summed E-state index contributed by atoms with van der Waals surface area (Å²) in [6.45, 7) is 3.27. The van der Waals surface area contributed by atoms with Crippen LogP contribution in [-0.2, 0) is 6.42 Å². The Kier molecular flexibility index (Phi) is 4.62. The fourth-order valence-corrected chi connectivity index (χ4v) is 4.22. The van der Waals surface area contributed by atoms with Crippen molar-refractivity contribution in [3.63, 3.8) is 0 Å². The van der Waals surface area contributed by atoms with Crippen LogP contribution in [0.15, 0.2) is 54.1 Å². The number of likely N-dealkylation sites (tertiary alicyclic amines) is 1. The number of aryl methyl sites for hydroxylation is 1. The topological polar surface area (TPSA) is 66.9 Å². The van der Waals surface area contributed by atoms with E-state index in [1.807, 2.05) is 12.1 Å². The van der Waals surface area contributed by atoms with E-state index < -0.39 is 0 Å². The number of ether oxygens (including phenoxy) is 1. The molecule has 0 bridgehead atoms. The lowest BCUT2D eigenvalue weighted by Gasteiger charge is -2.32. The van der Waals surface area contributed by atoms with Crippen molar-refractivity contribution in [2.45, 2.75) is 25.7 Å².